The van der Waals surface area contributed by atoms with E-state index in [1.807, 2.05) is 12.1 Å². The van der Waals surface area contributed by atoms with E-state index in [2.05, 4.69) is 5.32 Å². The predicted octanol–water partition coefficient (Wildman–Crippen LogP) is 3.88. The molecule has 0 atom stereocenters. The van der Waals surface area contributed by atoms with Crippen molar-refractivity contribution in [2.45, 2.75) is 32.2 Å². The van der Waals surface area contributed by atoms with Gasteiger partial charge >= 0.3 is 0 Å². The third-order valence-corrected chi connectivity index (χ3v) is 4.94. The molecule has 116 valence electrons. The van der Waals surface area contributed by atoms with Crippen molar-refractivity contribution >= 4 is 11.6 Å². The van der Waals surface area contributed by atoms with Gasteiger partial charge in [-0.25, -0.2) is 0 Å². The summed E-state index contributed by atoms with van der Waals surface area (Å²) in [4.78, 5) is 0. The molecule has 0 radical (unpaired) electrons. The van der Waals surface area contributed by atoms with Gasteiger partial charge in [-0.2, -0.15) is 0 Å². The van der Waals surface area contributed by atoms with Gasteiger partial charge in [0.15, 0.2) is 11.5 Å². The minimum absolute atomic E-state index is 0.606. The lowest BCUT2D eigenvalue weighted by Gasteiger charge is -2.17. The maximum absolute atomic E-state index is 6.24. The van der Waals surface area contributed by atoms with E-state index in [1.54, 1.807) is 14.2 Å². The molecule has 0 bridgehead atoms. The summed E-state index contributed by atoms with van der Waals surface area (Å²) >= 11 is 6.24. The molecule has 4 heteroatoms. The molecule has 0 amide bonds. The molecule has 2 saturated carbocycles. The van der Waals surface area contributed by atoms with Crippen molar-refractivity contribution in [3.8, 4) is 11.5 Å². The molecule has 3 nitrogen and oxygen atoms in total. The molecular formula is C17H24ClNO2. The average molecular weight is 310 g/mol. The molecule has 3 rings (SSSR count). The summed E-state index contributed by atoms with van der Waals surface area (Å²) in [5, 5.41) is 4.21. The maximum atomic E-state index is 6.24. The highest BCUT2D eigenvalue weighted by atomic mass is 35.5. The van der Waals surface area contributed by atoms with Crippen LogP contribution < -0.4 is 14.8 Å². The summed E-state index contributed by atoms with van der Waals surface area (Å²) < 4.78 is 10.6. The van der Waals surface area contributed by atoms with Crippen LogP contribution in [0.1, 0.15) is 31.2 Å². The van der Waals surface area contributed by atoms with Crippen LogP contribution in [0.5, 0.6) is 11.5 Å². The number of benzene rings is 1. The van der Waals surface area contributed by atoms with E-state index in [0.717, 1.165) is 36.4 Å². The van der Waals surface area contributed by atoms with E-state index < -0.39 is 0 Å². The number of nitrogens with one attached hydrogen (secondary N) is 1. The van der Waals surface area contributed by atoms with Crippen LogP contribution in [0, 0.1) is 17.8 Å². The Balaban J connectivity index is 1.58. The highest BCUT2D eigenvalue weighted by molar-refractivity contribution is 6.32. The van der Waals surface area contributed by atoms with Gasteiger partial charge in [0, 0.05) is 6.54 Å². The second-order valence-electron chi connectivity index (χ2n) is 6.28. The Bertz CT molecular complexity index is 486. The van der Waals surface area contributed by atoms with E-state index in [-0.39, 0.29) is 0 Å². The van der Waals surface area contributed by atoms with Crippen LogP contribution in [-0.2, 0) is 6.54 Å². The molecule has 2 aliphatic carbocycles. The second kappa shape index (κ2) is 6.45. The highest BCUT2D eigenvalue weighted by Crippen LogP contribution is 2.48. The van der Waals surface area contributed by atoms with Crippen molar-refractivity contribution in [1.82, 2.24) is 5.32 Å². The van der Waals surface area contributed by atoms with Crippen LogP contribution in [0.25, 0.3) is 0 Å². The number of hydrogen-bond donors (Lipinski definition) is 1. The Kier molecular flexibility index (Phi) is 4.60. The normalized spacial score (nSPS) is 18.1. The van der Waals surface area contributed by atoms with E-state index >= 15 is 0 Å². The van der Waals surface area contributed by atoms with Crippen molar-refractivity contribution in [1.29, 1.82) is 0 Å². The second-order valence-corrected chi connectivity index (χ2v) is 6.69. The molecule has 0 heterocycles. The van der Waals surface area contributed by atoms with Gasteiger partial charge in [-0.05, 0) is 67.7 Å². The fourth-order valence-electron chi connectivity index (χ4n) is 3.22. The molecule has 0 aliphatic heterocycles. The summed E-state index contributed by atoms with van der Waals surface area (Å²) in [6, 6.07) is 3.96. The highest BCUT2D eigenvalue weighted by Gasteiger charge is 2.40. The molecule has 1 aromatic rings. The van der Waals surface area contributed by atoms with Crippen LogP contribution in [0.3, 0.4) is 0 Å². The molecule has 0 unspecified atom stereocenters. The lowest BCUT2D eigenvalue weighted by molar-refractivity contribution is 0.354. The first-order valence-corrected chi connectivity index (χ1v) is 8.21. The lowest BCUT2D eigenvalue weighted by atomic mass is 9.98. The fraction of sp³-hybridized carbons (Fsp3) is 0.647. The number of halogens is 1. The Hall–Kier alpha value is -0.930. The number of hydrogen-bond acceptors (Lipinski definition) is 3. The third-order valence-electron chi connectivity index (χ3n) is 4.66. The van der Waals surface area contributed by atoms with E-state index in [9.17, 15) is 0 Å². The van der Waals surface area contributed by atoms with Gasteiger partial charge < -0.3 is 14.8 Å². The summed E-state index contributed by atoms with van der Waals surface area (Å²) in [7, 11) is 3.25. The topological polar surface area (TPSA) is 30.5 Å². The Morgan fingerprint density at radius 2 is 1.81 bits per heavy atom. The summed E-state index contributed by atoms with van der Waals surface area (Å²) in [6.45, 7) is 1.96. The first-order valence-electron chi connectivity index (χ1n) is 7.84. The number of rotatable bonds is 8. The van der Waals surface area contributed by atoms with Crippen molar-refractivity contribution in [2.75, 3.05) is 20.8 Å². The number of ether oxygens (including phenoxy) is 2. The molecule has 0 aromatic heterocycles. The zero-order valence-electron chi connectivity index (χ0n) is 12.8. The Morgan fingerprint density at radius 1 is 1.14 bits per heavy atom. The van der Waals surface area contributed by atoms with E-state index in [0.29, 0.717) is 16.5 Å². The summed E-state index contributed by atoms with van der Waals surface area (Å²) in [5.74, 6) is 4.16. The van der Waals surface area contributed by atoms with Gasteiger partial charge in [0.1, 0.15) is 0 Å². The standard InChI is InChI=1S/C17H24ClNO2/c1-20-16-8-11(7-15(18)17(16)21-2)9-19-10-14(12-3-4-12)13-5-6-13/h7-8,12-14,19H,3-6,9-10H2,1-2H3. The molecule has 2 fully saturated rings. The van der Waals surface area contributed by atoms with Gasteiger partial charge in [-0.1, -0.05) is 11.6 Å². The molecule has 1 aromatic carbocycles. The van der Waals surface area contributed by atoms with Crippen LogP contribution in [0.15, 0.2) is 12.1 Å². The minimum atomic E-state index is 0.606. The van der Waals surface area contributed by atoms with Crippen molar-refractivity contribution in [3.05, 3.63) is 22.7 Å². The van der Waals surface area contributed by atoms with Crippen LogP contribution in [0.4, 0.5) is 0 Å². The van der Waals surface area contributed by atoms with E-state index in [4.69, 9.17) is 21.1 Å². The molecular weight excluding hydrogens is 286 g/mol. The zero-order valence-corrected chi connectivity index (χ0v) is 13.6. The molecule has 1 N–H and O–H groups in total. The minimum Gasteiger partial charge on any atom is -0.493 e. The smallest absolute Gasteiger partial charge is 0.179 e. The van der Waals surface area contributed by atoms with Crippen LogP contribution >= 0.6 is 11.6 Å². The quantitative estimate of drug-likeness (QED) is 0.790. The van der Waals surface area contributed by atoms with Crippen molar-refractivity contribution in [3.63, 3.8) is 0 Å². The summed E-state index contributed by atoms with van der Waals surface area (Å²) in [6.07, 6.45) is 5.74. The SMILES string of the molecule is COc1cc(CNCC(C2CC2)C2CC2)cc(Cl)c1OC. The zero-order chi connectivity index (χ0) is 14.8. The largest absolute Gasteiger partial charge is 0.493 e. The van der Waals surface area contributed by atoms with Gasteiger partial charge in [0.2, 0.25) is 0 Å². The predicted molar refractivity (Wildman–Crippen MR) is 85.2 cm³/mol. The summed E-state index contributed by atoms with van der Waals surface area (Å²) in [5.41, 5.74) is 1.14. The van der Waals surface area contributed by atoms with Gasteiger partial charge in [0.05, 0.1) is 19.2 Å². The van der Waals surface area contributed by atoms with Crippen molar-refractivity contribution in [2.24, 2.45) is 17.8 Å². The van der Waals surface area contributed by atoms with Gasteiger partial charge in [-0.3, -0.25) is 0 Å². The van der Waals surface area contributed by atoms with Crippen LogP contribution in [0.2, 0.25) is 5.02 Å². The maximum Gasteiger partial charge on any atom is 0.179 e. The third kappa shape index (κ3) is 3.64. The monoisotopic (exact) mass is 309 g/mol. The lowest BCUT2D eigenvalue weighted by Crippen LogP contribution is -2.25. The molecule has 0 spiro atoms. The number of methoxy groups -OCH3 is 2. The van der Waals surface area contributed by atoms with Gasteiger partial charge in [0.25, 0.3) is 0 Å². The van der Waals surface area contributed by atoms with Gasteiger partial charge in [-0.15, -0.1) is 0 Å². The fourth-order valence-corrected chi connectivity index (χ4v) is 3.53. The molecule has 2 aliphatic rings. The molecule has 21 heavy (non-hydrogen) atoms. The molecule has 0 saturated heterocycles. The van der Waals surface area contributed by atoms with Crippen molar-refractivity contribution < 1.29 is 9.47 Å². The van der Waals surface area contributed by atoms with E-state index in [1.165, 1.54) is 25.7 Å². The first kappa shape index (κ1) is 15.0. The first-order chi connectivity index (χ1) is 10.2. The van der Waals surface area contributed by atoms with Crippen LogP contribution in [-0.4, -0.2) is 20.8 Å². The Morgan fingerprint density at radius 3 is 2.33 bits per heavy atom. The Labute approximate surface area is 132 Å². The average Bonchev–Trinajstić information content (AvgIpc) is 3.36.